The highest BCUT2D eigenvalue weighted by molar-refractivity contribution is 6.42. The Morgan fingerprint density at radius 2 is 2.09 bits per heavy atom. The summed E-state index contributed by atoms with van der Waals surface area (Å²) in [7, 11) is 1.66. The molecule has 0 spiro atoms. The van der Waals surface area contributed by atoms with Crippen molar-refractivity contribution in [3.63, 3.8) is 0 Å². The van der Waals surface area contributed by atoms with Crippen molar-refractivity contribution in [2.45, 2.75) is 13.0 Å². The van der Waals surface area contributed by atoms with Crippen LogP contribution in [0.2, 0.25) is 10.0 Å². The number of benzene rings is 1. The minimum atomic E-state index is 0.117. The lowest BCUT2D eigenvalue weighted by molar-refractivity contribution is 0.190. The summed E-state index contributed by atoms with van der Waals surface area (Å²) in [6.45, 7) is 2.59. The minimum Gasteiger partial charge on any atom is -0.383 e. The molecule has 120 valence electrons. The number of halogens is 2. The van der Waals surface area contributed by atoms with Crippen molar-refractivity contribution in [1.82, 2.24) is 19.7 Å². The molecule has 0 aliphatic rings. The zero-order chi connectivity index (χ0) is 16.4. The predicted octanol–water partition coefficient (Wildman–Crippen LogP) is 3.57. The fraction of sp³-hybridized carbons (Fsp3) is 0.267. The second kappa shape index (κ2) is 6.70. The summed E-state index contributed by atoms with van der Waals surface area (Å²) in [4.78, 5) is 8.62. The lowest BCUT2D eigenvalue weighted by Gasteiger charge is -2.13. The predicted molar refractivity (Wildman–Crippen MR) is 91.6 cm³/mol. The molecule has 0 amide bonds. The SMILES string of the molecule is COCC(C)Nc1ncnc2c1cnn2-c1ccc(Cl)c(Cl)c1. The van der Waals surface area contributed by atoms with E-state index in [9.17, 15) is 0 Å². The van der Waals surface area contributed by atoms with Crippen LogP contribution in [0, 0.1) is 0 Å². The van der Waals surface area contributed by atoms with Gasteiger partial charge in [0, 0.05) is 13.2 Å². The fourth-order valence-corrected chi connectivity index (χ4v) is 2.58. The highest BCUT2D eigenvalue weighted by Gasteiger charge is 2.13. The monoisotopic (exact) mass is 351 g/mol. The summed E-state index contributed by atoms with van der Waals surface area (Å²) in [5.41, 5.74) is 1.47. The van der Waals surface area contributed by atoms with Crippen LogP contribution in [-0.4, -0.2) is 39.5 Å². The number of methoxy groups -OCH3 is 1. The topological polar surface area (TPSA) is 64.9 Å². The largest absolute Gasteiger partial charge is 0.383 e. The average molecular weight is 352 g/mol. The second-order valence-electron chi connectivity index (χ2n) is 5.12. The Hall–Kier alpha value is -1.89. The Labute approximate surface area is 143 Å². The molecule has 23 heavy (non-hydrogen) atoms. The Balaban J connectivity index is 2.02. The van der Waals surface area contributed by atoms with Crippen LogP contribution < -0.4 is 5.32 Å². The number of rotatable bonds is 5. The molecule has 0 fully saturated rings. The number of fused-ring (bicyclic) bond motifs is 1. The maximum Gasteiger partial charge on any atom is 0.168 e. The van der Waals surface area contributed by atoms with Gasteiger partial charge in [-0.15, -0.1) is 0 Å². The molecule has 0 bridgehead atoms. The van der Waals surface area contributed by atoms with E-state index in [2.05, 4.69) is 20.4 Å². The van der Waals surface area contributed by atoms with Gasteiger partial charge in [-0.3, -0.25) is 0 Å². The van der Waals surface area contributed by atoms with Crippen LogP contribution in [0.3, 0.4) is 0 Å². The van der Waals surface area contributed by atoms with Crippen molar-refractivity contribution in [2.75, 3.05) is 19.0 Å². The van der Waals surface area contributed by atoms with Crippen LogP contribution in [0.4, 0.5) is 5.82 Å². The molecule has 1 N–H and O–H groups in total. The number of nitrogens with one attached hydrogen (secondary N) is 1. The number of hydrogen-bond acceptors (Lipinski definition) is 5. The third kappa shape index (κ3) is 3.24. The first-order chi connectivity index (χ1) is 11.1. The van der Waals surface area contributed by atoms with Crippen molar-refractivity contribution in [3.05, 3.63) is 40.8 Å². The van der Waals surface area contributed by atoms with Gasteiger partial charge >= 0.3 is 0 Å². The van der Waals surface area contributed by atoms with E-state index in [-0.39, 0.29) is 6.04 Å². The van der Waals surface area contributed by atoms with Gasteiger partial charge in [-0.1, -0.05) is 23.2 Å². The van der Waals surface area contributed by atoms with Gasteiger partial charge in [-0.05, 0) is 25.1 Å². The Kier molecular flexibility index (Phi) is 4.66. The first kappa shape index (κ1) is 16.0. The molecule has 0 saturated heterocycles. The summed E-state index contributed by atoms with van der Waals surface area (Å²) >= 11 is 12.0. The zero-order valence-electron chi connectivity index (χ0n) is 12.6. The van der Waals surface area contributed by atoms with E-state index in [4.69, 9.17) is 27.9 Å². The highest BCUT2D eigenvalue weighted by atomic mass is 35.5. The van der Waals surface area contributed by atoms with Crippen LogP contribution in [0.25, 0.3) is 16.7 Å². The third-order valence-electron chi connectivity index (χ3n) is 3.31. The average Bonchev–Trinajstić information content (AvgIpc) is 2.95. The first-order valence-corrected chi connectivity index (χ1v) is 7.75. The van der Waals surface area contributed by atoms with Crippen molar-refractivity contribution in [3.8, 4) is 5.69 Å². The second-order valence-corrected chi connectivity index (χ2v) is 5.93. The molecule has 0 radical (unpaired) electrons. The van der Waals surface area contributed by atoms with E-state index in [0.29, 0.717) is 28.1 Å². The van der Waals surface area contributed by atoms with Gasteiger partial charge in [0.2, 0.25) is 0 Å². The Bertz CT molecular complexity index is 836. The van der Waals surface area contributed by atoms with E-state index >= 15 is 0 Å². The number of ether oxygens (including phenoxy) is 1. The van der Waals surface area contributed by atoms with Crippen LogP contribution in [-0.2, 0) is 4.74 Å². The van der Waals surface area contributed by atoms with E-state index in [1.807, 2.05) is 13.0 Å². The van der Waals surface area contributed by atoms with Gasteiger partial charge in [-0.25, -0.2) is 14.6 Å². The van der Waals surface area contributed by atoms with Crippen LogP contribution in [0.15, 0.2) is 30.7 Å². The van der Waals surface area contributed by atoms with E-state index < -0.39 is 0 Å². The van der Waals surface area contributed by atoms with Gasteiger partial charge in [0.1, 0.15) is 12.1 Å². The normalized spacial score (nSPS) is 12.5. The van der Waals surface area contributed by atoms with Crippen LogP contribution in [0.5, 0.6) is 0 Å². The van der Waals surface area contributed by atoms with Gasteiger partial charge in [-0.2, -0.15) is 5.10 Å². The molecule has 0 aliphatic carbocycles. The van der Waals surface area contributed by atoms with E-state index in [1.165, 1.54) is 6.33 Å². The fourth-order valence-electron chi connectivity index (χ4n) is 2.29. The van der Waals surface area contributed by atoms with E-state index in [1.54, 1.807) is 30.1 Å². The summed E-state index contributed by atoms with van der Waals surface area (Å²) < 4.78 is 6.83. The van der Waals surface area contributed by atoms with E-state index in [0.717, 1.165) is 11.1 Å². The summed E-state index contributed by atoms with van der Waals surface area (Å²) in [6, 6.07) is 5.43. The minimum absolute atomic E-state index is 0.117. The van der Waals surface area contributed by atoms with Crippen LogP contribution >= 0.6 is 23.2 Å². The van der Waals surface area contributed by atoms with Crippen molar-refractivity contribution in [1.29, 1.82) is 0 Å². The summed E-state index contributed by atoms with van der Waals surface area (Å²) in [5.74, 6) is 0.714. The molecule has 3 rings (SSSR count). The first-order valence-electron chi connectivity index (χ1n) is 6.99. The van der Waals surface area contributed by atoms with Crippen molar-refractivity contribution >= 4 is 40.1 Å². The summed E-state index contributed by atoms with van der Waals surface area (Å²) in [6.07, 6.45) is 3.22. The third-order valence-corrected chi connectivity index (χ3v) is 4.05. The molecule has 1 atom stereocenters. The smallest absolute Gasteiger partial charge is 0.168 e. The maximum absolute atomic E-state index is 6.08. The molecule has 8 heteroatoms. The molecular formula is C15H15Cl2N5O. The Morgan fingerprint density at radius 1 is 1.26 bits per heavy atom. The highest BCUT2D eigenvalue weighted by Crippen LogP contribution is 2.27. The molecule has 1 aromatic carbocycles. The van der Waals surface area contributed by atoms with Gasteiger partial charge in [0.15, 0.2) is 5.65 Å². The van der Waals surface area contributed by atoms with Crippen molar-refractivity contribution in [2.24, 2.45) is 0 Å². The maximum atomic E-state index is 6.08. The lowest BCUT2D eigenvalue weighted by atomic mass is 10.3. The molecule has 0 aliphatic heterocycles. The van der Waals surface area contributed by atoms with Gasteiger partial charge in [0.05, 0.1) is 33.9 Å². The number of anilines is 1. The van der Waals surface area contributed by atoms with Crippen LogP contribution in [0.1, 0.15) is 6.92 Å². The molecule has 2 aromatic heterocycles. The van der Waals surface area contributed by atoms with Crippen molar-refractivity contribution < 1.29 is 4.74 Å². The van der Waals surface area contributed by atoms with Gasteiger partial charge in [0.25, 0.3) is 0 Å². The number of hydrogen-bond donors (Lipinski definition) is 1. The molecular weight excluding hydrogens is 337 g/mol. The number of aromatic nitrogens is 4. The number of nitrogens with zero attached hydrogens (tertiary/aromatic N) is 4. The molecule has 2 heterocycles. The Morgan fingerprint density at radius 3 is 2.83 bits per heavy atom. The standard InChI is InChI=1S/C15H15Cl2N5O/c1-9(7-23-2)21-14-11-6-20-22(15(11)19-8-18-14)10-3-4-12(16)13(17)5-10/h3-6,8-9H,7H2,1-2H3,(H,18,19,21). The van der Waals surface area contributed by atoms with Gasteiger partial charge < -0.3 is 10.1 Å². The molecule has 0 saturated carbocycles. The molecule has 6 nitrogen and oxygen atoms in total. The zero-order valence-corrected chi connectivity index (χ0v) is 14.1. The molecule has 1 unspecified atom stereocenters. The summed E-state index contributed by atoms with van der Waals surface area (Å²) in [5, 5.41) is 9.47. The lowest BCUT2D eigenvalue weighted by Crippen LogP contribution is -2.21. The molecule has 3 aromatic rings. The quantitative estimate of drug-likeness (QED) is 0.761.